The standard InChI is InChI=1S/C13H10N4S/c14-11-9-8-5-6-3-1-2-4-7(6)10(8)18-12(9)17-13(15)16-11/h1-4H,5H2,(H4,14,15,16,17). The Morgan fingerprint density at radius 2 is 1.94 bits per heavy atom. The van der Waals surface area contributed by atoms with Crippen LogP contribution >= 0.6 is 11.3 Å². The van der Waals surface area contributed by atoms with Crippen molar-refractivity contribution in [3.63, 3.8) is 0 Å². The maximum absolute atomic E-state index is 5.98. The monoisotopic (exact) mass is 254 g/mol. The highest BCUT2D eigenvalue weighted by atomic mass is 32.1. The van der Waals surface area contributed by atoms with Crippen molar-refractivity contribution in [2.24, 2.45) is 0 Å². The normalized spacial score (nSPS) is 12.7. The predicted octanol–water partition coefficient (Wildman–Crippen LogP) is 2.43. The molecule has 1 aliphatic rings. The topological polar surface area (TPSA) is 77.8 Å². The lowest BCUT2D eigenvalue weighted by Crippen LogP contribution is -1.99. The first-order valence-corrected chi connectivity index (χ1v) is 6.48. The van der Waals surface area contributed by atoms with Gasteiger partial charge in [-0.3, -0.25) is 0 Å². The van der Waals surface area contributed by atoms with Gasteiger partial charge in [-0.05, 0) is 16.7 Å². The first kappa shape index (κ1) is 9.85. The van der Waals surface area contributed by atoms with Gasteiger partial charge < -0.3 is 11.5 Å². The lowest BCUT2D eigenvalue weighted by Gasteiger charge is -2.00. The second kappa shape index (κ2) is 3.20. The Bertz CT molecular complexity index is 791. The third-order valence-electron chi connectivity index (χ3n) is 3.32. The number of hydrogen-bond acceptors (Lipinski definition) is 5. The van der Waals surface area contributed by atoms with Crippen LogP contribution in [-0.4, -0.2) is 9.97 Å². The van der Waals surface area contributed by atoms with E-state index in [4.69, 9.17) is 11.5 Å². The van der Waals surface area contributed by atoms with Crippen LogP contribution in [0.15, 0.2) is 24.3 Å². The summed E-state index contributed by atoms with van der Waals surface area (Å²) in [5, 5.41) is 0.973. The molecule has 0 spiro atoms. The summed E-state index contributed by atoms with van der Waals surface area (Å²) in [7, 11) is 0. The molecule has 5 heteroatoms. The molecule has 1 aliphatic carbocycles. The van der Waals surface area contributed by atoms with E-state index in [1.165, 1.54) is 21.6 Å². The Balaban J connectivity index is 2.11. The van der Waals surface area contributed by atoms with Crippen molar-refractivity contribution in [3.05, 3.63) is 35.4 Å². The number of hydrogen-bond donors (Lipinski definition) is 2. The van der Waals surface area contributed by atoms with Crippen LogP contribution in [0, 0.1) is 0 Å². The van der Waals surface area contributed by atoms with Crippen molar-refractivity contribution in [1.82, 2.24) is 9.97 Å². The SMILES string of the molecule is Nc1nc(N)c2c3c(sc2n1)-c1ccccc1C3. The first-order chi connectivity index (χ1) is 8.74. The van der Waals surface area contributed by atoms with Gasteiger partial charge in [0.2, 0.25) is 5.95 Å². The molecule has 0 saturated heterocycles. The Labute approximate surface area is 107 Å². The number of aromatic nitrogens is 2. The van der Waals surface area contributed by atoms with E-state index in [2.05, 4.69) is 34.2 Å². The van der Waals surface area contributed by atoms with E-state index in [0.29, 0.717) is 5.82 Å². The minimum Gasteiger partial charge on any atom is -0.383 e. The summed E-state index contributed by atoms with van der Waals surface area (Å²) in [6.45, 7) is 0. The van der Waals surface area contributed by atoms with Crippen LogP contribution in [0.4, 0.5) is 11.8 Å². The summed E-state index contributed by atoms with van der Waals surface area (Å²) < 4.78 is 0. The number of rotatable bonds is 0. The van der Waals surface area contributed by atoms with Gasteiger partial charge >= 0.3 is 0 Å². The molecule has 18 heavy (non-hydrogen) atoms. The second-order valence-corrected chi connectivity index (χ2v) is 5.39. The lowest BCUT2D eigenvalue weighted by molar-refractivity contribution is 1.24. The van der Waals surface area contributed by atoms with E-state index in [-0.39, 0.29) is 5.95 Å². The van der Waals surface area contributed by atoms with E-state index in [1.54, 1.807) is 11.3 Å². The summed E-state index contributed by atoms with van der Waals surface area (Å²) in [5.74, 6) is 0.732. The van der Waals surface area contributed by atoms with Crippen molar-refractivity contribution >= 4 is 33.3 Å². The van der Waals surface area contributed by atoms with E-state index in [1.807, 2.05) is 0 Å². The molecule has 2 heterocycles. The number of benzene rings is 1. The van der Waals surface area contributed by atoms with Crippen LogP contribution in [-0.2, 0) is 6.42 Å². The van der Waals surface area contributed by atoms with Gasteiger partial charge in [0.15, 0.2) is 0 Å². The van der Waals surface area contributed by atoms with Gasteiger partial charge in [0, 0.05) is 11.3 Å². The quantitative estimate of drug-likeness (QED) is 0.505. The number of anilines is 2. The molecule has 4 nitrogen and oxygen atoms in total. The van der Waals surface area contributed by atoms with Crippen LogP contribution in [0.1, 0.15) is 11.1 Å². The van der Waals surface area contributed by atoms with Gasteiger partial charge in [-0.1, -0.05) is 24.3 Å². The van der Waals surface area contributed by atoms with Gasteiger partial charge in [0.1, 0.15) is 10.6 Å². The maximum atomic E-state index is 5.98. The highest BCUT2D eigenvalue weighted by molar-refractivity contribution is 7.22. The highest BCUT2D eigenvalue weighted by Gasteiger charge is 2.25. The van der Waals surface area contributed by atoms with Crippen molar-refractivity contribution in [2.45, 2.75) is 6.42 Å². The van der Waals surface area contributed by atoms with Crippen LogP contribution in [0.3, 0.4) is 0 Å². The van der Waals surface area contributed by atoms with Gasteiger partial charge in [-0.15, -0.1) is 11.3 Å². The molecular weight excluding hydrogens is 244 g/mol. The Morgan fingerprint density at radius 1 is 1.11 bits per heavy atom. The van der Waals surface area contributed by atoms with Crippen LogP contribution in [0.25, 0.3) is 20.7 Å². The van der Waals surface area contributed by atoms with E-state index in [9.17, 15) is 0 Å². The molecule has 0 bridgehead atoms. The Morgan fingerprint density at radius 3 is 2.83 bits per heavy atom. The van der Waals surface area contributed by atoms with Gasteiger partial charge in [-0.25, -0.2) is 4.98 Å². The molecular formula is C13H10N4S. The molecule has 0 amide bonds. The number of nitrogens with zero attached hydrogens (tertiary/aromatic N) is 2. The number of nitrogen functional groups attached to an aromatic ring is 2. The molecule has 4 rings (SSSR count). The fourth-order valence-electron chi connectivity index (χ4n) is 2.58. The minimum absolute atomic E-state index is 0.244. The third-order valence-corrected chi connectivity index (χ3v) is 4.48. The third kappa shape index (κ3) is 1.14. The van der Waals surface area contributed by atoms with Gasteiger partial charge in [-0.2, -0.15) is 4.98 Å². The van der Waals surface area contributed by atoms with Crippen LogP contribution < -0.4 is 11.5 Å². The minimum atomic E-state index is 0.244. The fraction of sp³-hybridized carbons (Fsp3) is 0.0769. The van der Waals surface area contributed by atoms with Gasteiger partial charge in [0.25, 0.3) is 0 Å². The van der Waals surface area contributed by atoms with Crippen LogP contribution in [0.2, 0.25) is 0 Å². The van der Waals surface area contributed by atoms with Crippen LogP contribution in [0.5, 0.6) is 0 Å². The van der Waals surface area contributed by atoms with Crippen molar-refractivity contribution in [3.8, 4) is 10.4 Å². The summed E-state index contributed by atoms with van der Waals surface area (Å²) in [5.41, 5.74) is 15.5. The molecule has 2 aromatic heterocycles. The summed E-state index contributed by atoms with van der Waals surface area (Å²) in [4.78, 5) is 10.5. The summed E-state index contributed by atoms with van der Waals surface area (Å²) in [6.07, 6.45) is 0.906. The number of thiophene rings is 1. The van der Waals surface area contributed by atoms with Crippen molar-refractivity contribution < 1.29 is 0 Å². The zero-order chi connectivity index (χ0) is 12.3. The summed E-state index contributed by atoms with van der Waals surface area (Å²) in [6, 6.07) is 8.42. The predicted molar refractivity (Wildman–Crippen MR) is 74.5 cm³/mol. The van der Waals surface area contributed by atoms with Gasteiger partial charge in [0.05, 0.1) is 5.39 Å². The number of fused-ring (bicyclic) bond motifs is 5. The fourth-order valence-corrected chi connectivity index (χ4v) is 3.84. The average molecular weight is 254 g/mol. The molecule has 0 radical (unpaired) electrons. The van der Waals surface area contributed by atoms with Crippen molar-refractivity contribution in [1.29, 1.82) is 0 Å². The number of nitrogens with two attached hydrogens (primary N) is 2. The molecule has 1 aromatic carbocycles. The largest absolute Gasteiger partial charge is 0.383 e. The molecule has 0 aliphatic heterocycles. The van der Waals surface area contributed by atoms with E-state index >= 15 is 0 Å². The van der Waals surface area contributed by atoms with Crippen molar-refractivity contribution in [2.75, 3.05) is 11.5 Å². The Kier molecular flexibility index (Phi) is 1.75. The first-order valence-electron chi connectivity index (χ1n) is 5.66. The molecule has 3 aromatic rings. The second-order valence-electron chi connectivity index (χ2n) is 4.39. The molecule has 88 valence electrons. The molecule has 0 atom stereocenters. The highest BCUT2D eigenvalue weighted by Crippen LogP contribution is 2.46. The molecule has 0 saturated carbocycles. The smallest absolute Gasteiger partial charge is 0.223 e. The maximum Gasteiger partial charge on any atom is 0.223 e. The molecule has 4 N–H and O–H groups in total. The zero-order valence-corrected chi connectivity index (χ0v) is 10.3. The average Bonchev–Trinajstić information content (AvgIpc) is 2.83. The van der Waals surface area contributed by atoms with E-state index < -0.39 is 0 Å². The summed E-state index contributed by atoms with van der Waals surface area (Å²) >= 11 is 1.65. The van der Waals surface area contributed by atoms with E-state index in [0.717, 1.165) is 16.6 Å². The zero-order valence-electron chi connectivity index (χ0n) is 9.47. The lowest BCUT2D eigenvalue weighted by atomic mass is 10.1. The Hall–Kier alpha value is -2.14. The molecule has 0 unspecified atom stereocenters. The molecule has 0 fully saturated rings.